The molecule has 0 fully saturated rings. The molecule has 0 bridgehead atoms. The lowest BCUT2D eigenvalue weighted by Gasteiger charge is -2.28. The molecule has 29 heavy (non-hydrogen) atoms. The van der Waals surface area contributed by atoms with Crippen LogP contribution in [0.25, 0.3) is 0 Å². The van der Waals surface area contributed by atoms with Crippen LogP contribution in [0.15, 0.2) is 24.8 Å². The first kappa shape index (κ1) is 30.9. The van der Waals surface area contributed by atoms with Crippen molar-refractivity contribution in [2.24, 2.45) is 0 Å². The molecule has 0 N–H and O–H groups in total. The van der Waals surface area contributed by atoms with Crippen molar-refractivity contribution in [2.75, 3.05) is 27.2 Å². The summed E-state index contributed by atoms with van der Waals surface area (Å²) in [6, 6.07) is 0. The van der Waals surface area contributed by atoms with E-state index in [0.29, 0.717) is 0 Å². The third-order valence-electron chi connectivity index (χ3n) is 5.90. The fourth-order valence-corrected chi connectivity index (χ4v) is 3.94. The van der Waals surface area contributed by atoms with Gasteiger partial charge in [0.25, 0.3) is 0 Å². The molecule has 0 amide bonds. The molecule has 0 aromatic carbocycles. The van der Waals surface area contributed by atoms with Gasteiger partial charge >= 0.3 is 0 Å². The Bertz CT molecular complexity index is 348. The van der Waals surface area contributed by atoms with E-state index in [9.17, 15) is 0 Å². The van der Waals surface area contributed by atoms with Crippen LogP contribution in [0.5, 0.6) is 0 Å². The fraction of sp³-hybridized carbons (Fsp3) is 0.852. The normalized spacial score (nSPS) is 11.7. The van der Waals surface area contributed by atoms with Gasteiger partial charge in [-0.05, 0) is 44.6 Å². The van der Waals surface area contributed by atoms with Gasteiger partial charge in [-0.1, -0.05) is 103 Å². The van der Waals surface area contributed by atoms with E-state index in [-0.39, 0.29) is 12.4 Å². The summed E-state index contributed by atoms with van der Waals surface area (Å²) in [5.74, 6) is 0. The minimum atomic E-state index is 0. The zero-order chi connectivity index (χ0) is 20.8. The lowest BCUT2D eigenvalue weighted by Crippen LogP contribution is -3.00. The Hall–Kier alpha value is -0.270. The highest BCUT2D eigenvalue weighted by molar-refractivity contribution is 4.81. The maximum atomic E-state index is 3.86. The minimum Gasteiger partial charge on any atom is -1.00 e. The number of nitrogens with zero attached hydrogens (tertiary/aromatic N) is 1. The molecule has 0 aliphatic rings. The van der Waals surface area contributed by atoms with E-state index in [1.807, 2.05) is 6.08 Å². The summed E-state index contributed by atoms with van der Waals surface area (Å²) in [5, 5.41) is 0. The molecule has 0 atom stereocenters. The number of allylic oxidation sites excluding steroid dienone is 2. The molecule has 0 aliphatic carbocycles. The summed E-state index contributed by atoms with van der Waals surface area (Å²) in [4.78, 5) is 0. The summed E-state index contributed by atoms with van der Waals surface area (Å²) in [5.41, 5.74) is 0. The number of likely N-dealkylation sites (N-methyl/N-ethyl adjacent to an activating group) is 1. The van der Waals surface area contributed by atoms with Crippen molar-refractivity contribution in [1.29, 1.82) is 0 Å². The fourth-order valence-electron chi connectivity index (χ4n) is 3.94. The molecule has 0 saturated carbocycles. The van der Waals surface area contributed by atoms with Gasteiger partial charge in [-0.2, -0.15) is 0 Å². The van der Waals surface area contributed by atoms with Crippen LogP contribution in [0.1, 0.15) is 122 Å². The van der Waals surface area contributed by atoms with Crippen LogP contribution >= 0.6 is 0 Å². The molecule has 0 saturated heterocycles. The monoisotopic (exact) mass is 427 g/mol. The smallest absolute Gasteiger partial charge is 0.0966 e. The van der Waals surface area contributed by atoms with Crippen LogP contribution in [0.3, 0.4) is 0 Å². The molecule has 1 nitrogen and oxygen atoms in total. The van der Waals surface area contributed by atoms with Crippen LogP contribution in [0.4, 0.5) is 0 Å². The van der Waals surface area contributed by atoms with Gasteiger partial charge in [0.15, 0.2) is 0 Å². The molecule has 0 heterocycles. The Balaban J connectivity index is 0. The number of quaternary nitrogens is 1. The van der Waals surface area contributed by atoms with Crippen LogP contribution in [-0.4, -0.2) is 31.7 Å². The lowest BCUT2D eigenvalue weighted by atomic mass is 10.1. The molecule has 174 valence electrons. The van der Waals surface area contributed by atoms with Gasteiger partial charge in [-0.15, -0.1) is 0 Å². The Kier molecular flexibility index (Phi) is 25.6. The summed E-state index contributed by atoms with van der Waals surface area (Å²) in [6.45, 7) is 8.53. The second kappa shape index (κ2) is 24.0. The number of hydrogen-bond acceptors (Lipinski definition) is 0. The molecule has 0 aromatic rings. The molecule has 0 aromatic heterocycles. The molecule has 0 unspecified atom stereocenters. The summed E-state index contributed by atoms with van der Waals surface area (Å²) in [7, 11) is 4.63. The highest BCUT2D eigenvalue weighted by Crippen LogP contribution is 2.13. The third kappa shape index (κ3) is 25.7. The molecule has 0 rings (SSSR count). The Labute approximate surface area is 191 Å². The zero-order valence-electron chi connectivity index (χ0n) is 20.4. The lowest BCUT2D eigenvalue weighted by molar-refractivity contribution is -0.884. The molecule has 0 radical (unpaired) electrons. The maximum absolute atomic E-state index is 3.86. The summed E-state index contributed by atoms with van der Waals surface area (Å²) >= 11 is 0. The number of hydrogen-bond donors (Lipinski definition) is 0. The van der Waals surface area contributed by atoms with E-state index >= 15 is 0 Å². The van der Waals surface area contributed by atoms with E-state index < -0.39 is 0 Å². The standard InChI is InChI=1S/C27H54N.ClH/c1-5-7-8-9-10-11-12-13-14-15-16-17-18-19-20-21-22-23-24-25-27-28(3,4)26-6-2;/h6,13-14H,2,5,7-12,15-27H2,1,3-4H3;1H/q+1;/p-1/b14-13-;. The van der Waals surface area contributed by atoms with Gasteiger partial charge < -0.3 is 16.9 Å². The topological polar surface area (TPSA) is 0 Å². The van der Waals surface area contributed by atoms with Crippen LogP contribution < -0.4 is 12.4 Å². The van der Waals surface area contributed by atoms with Gasteiger partial charge in [0, 0.05) is 0 Å². The van der Waals surface area contributed by atoms with Crippen molar-refractivity contribution in [3.63, 3.8) is 0 Å². The Morgan fingerprint density at radius 2 is 0.966 bits per heavy atom. The molecule has 2 heteroatoms. The van der Waals surface area contributed by atoms with Gasteiger partial charge in [0.2, 0.25) is 0 Å². The van der Waals surface area contributed by atoms with Crippen molar-refractivity contribution >= 4 is 0 Å². The van der Waals surface area contributed by atoms with Gasteiger partial charge in [-0.3, -0.25) is 0 Å². The van der Waals surface area contributed by atoms with E-state index in [0.717, 1.165) is 11.0 Å². The van der Waals surface area contributed by atoms with Gasteiger partial charge in [-0.25, -0.2) is 0 Å². The molecular formula is C27H54ClN. The van der Waals surface area contributed by atoms with E-state index in [1.54, 1.807) is 0 Å². The first-order chi connectivity index (χ1) is 13.6. The minimum absolute atomic E-state index is 0. The SMILES string of the molecule is C=CC[N+](C)(C)CCCCCCCCCCCC/C=C\CCCCCCCC.[Cl-]. The Morgan fingerprint density at radius 1 is 0.586 bits per heavy atom. The van der Waals surface area contributed by atoms with E-state index in [1.165, 1.54) is 122 Å². The van der Waals surface area contributed by atoms with Crippen LogP contribution in [0.2, 0.25) is 0 Å². The van der Waals surface area contributed by atoms with Crippen molar-refractivity contribution in [3.8, 4) is 0 Å². The van der Waals surface area contributed by atoms with Gasteiger partial charge in [0.1, 0.15) is 0 Å². The second-order valence-corrected chi connectivity index (χ2v) is 9.48. The summed E-state index contributed by atoms with van der Waals surface area (Å²) < 4.78 is 1.09. The average Bonchev–Trinajstić information content (AvgIpc) is 2.66. The first-order valence-electron chi connectivity index (χ1n) is 12.7. The maximum Gasteiger partial charge on any atom is 0.0966 e. The van der Waals surface area contributed by atoms with E-state index in [2.05, 4.69) is 39.8 Å². The molecular weight excluding hydrogens is 374 g/mol. The second-order valence-electron chi connectivity index (χ2n) is 9.48. The predicted molar refractivity (Wildman–Crippen MR) is 130 cm³/mol. The highest BCUT2D eigenvalue weighted by Gasteiger charge is 2.11. The summed E-state index contributed by atoms with van der Waals surface area (Å²) in [6.07, 6.45) is 32.2. The van der Waals surface area contributed by atoms with Crippen molar-refractivity contribution in [2.45, 2.75) is 122 Å². The third-order valence-corrected chi connectivity index (χ3v) is 5.90. The van der Waals surface area contributed by atoms with Crippen molar-refractivity contribution < 1.29 is 16.9 Å². The number of unbranched alkanes of at least 4 members (excludes halogenated alkanes) is 16. The highest BCUT2D eigenvalue weighted by atomic mass is 35.5. The van der Waals surface area contributed by atoms with Crippen molar-refractivity contribution in [3.05, 3.63) is 24.8 Å². The van der Waals surface area contributed by atoms with E-state index in [4.69, 9.17) is 0 Å². The Morgan fingerprint density at radius 3 is 1.38 bits per heavy atom. The van der Waals surface area contributed by atoms with Crippen molar-refractivity contribution in [1.82, 2.24) is 0 Å². The number of rotatable bonds is 22. The zero-order valence-corrected chi connectivity index (χ0v) is 21.2. The van der Waals surface area contributed by atoms with Crippen LogP contribution in [0, 0.1) is 0 Å². The average molecular weight is 428 g/mol. The van der Waals surface area contributed by atoms with Gasteiger partial charge in [0.05, 0.1) is 27.2 Å². The first-order valence-corrected chi connectivity index (χ1v) is 12.7. The predicted octanol–water partition coefficient (Wildman–Crippen LogP) is 5.85. The molecule has 0 spiro atoms. The van der Waals surface area contributed by atoms with Crippen LogP contribution in [-0.2, 0) is 0 Å². The molecule has 0 aliphatic heterocycles. The number of halogens is 1. The largest absolute Gasteiger partial charge is 1.00 e. The quantitative estimate of drug-likeness (QED) is 0.115.